The number of rotatable bonds is 7. The summed E-state index contributed by atoms with van der Waals surface area (Å²) < 4.78 is 11.4. The van der Waals surface area contributed by atoms with Crippen LogP contribution in [0.3, 0.4) is 0 Å². The minimum absolute atomic E-state index is 0.122. The van der Waals surface area contributed by atoms with Crippen molar-refractivity contribution in [1.82, 2.24) is 9.88 Å². The van der Waals surface area contributed by atoms with Crippen LogP contribution in [-0.2, 0) is 19.1 Å². The fourth-order valence-electron chi connectivity index (χ4n) is 4.01. The first-order valence-corrected chi connectivity index (χ1v) is 11.5. The number of anilines is 1. The van der Waals surface area contributed by atoms with Crippen molar-refractivity contribution in [3.8, 4) is 0 Å². The average molecular weight is 469 g/mol. The second kappa shape index (κ2) is 12.1. The van der Waals surface area contributed by atoms with Gasteiger partial charge in [-0.3, -0.25) is 19.4 Å². The molecule has 3 heterocycles. The van der Waals surface area contributed by atoms with E-state index in [1.807, 2.05) is 25.2 Å². The molecule has 9 heteroatoms. The predicted octanol–water partition coefficient (Wildman–Crippen LogP) is 2.71. The highest BCUT2D eigenvalue weighted by Gasteiger charge is 2.32. The normalized spacial score (nSPS) is 19.6. The van der Waals surface area contributed by atoms with Gasteiger partial charge in [0.25, 0.3) is 0 Å². The Morgan fingerprint density at radius 2 is 1.97 bits per heavy atom. The number of amides is 3. The maximum atomic E-state index is 13.0. The molecule has 2 fully saturated rings. The Kier molecular flexibility index (Phi) is 8.98. The Hall–Kier alpha value is -3.46. The number of hydrogen-bond donors (Lipinski definition) is 2. The lowest BCUT2D eigenvalue weighted by atomic mass is 9.95. The lowest BCUT2D eigenvalue weighted by Gasteiger charge is -2.35. The van der Waals surface area contributed by atoms with E-state index < -0.39 is 17.7 Å². The Morgan fingerprint density at radius 3 is 2.68 bits per heavy atom. The molecule has 182 valence electrons. The van der Waals surface area contributed by atoms with Crippen molar-refractivity contribution in [3.05, 3.63) is 60.2 Å². The molecular weight excluding hydrogens is 436 g/mol. The summed E-state index contributed by atoms with van der Waals surface area (Å²) in [4.78, 5) is 42.4. The van der Waals surface area contributed by atoms with Gasteiger partial charge < -0.3 is 25.4 Å². The van der Waals surface area contributed by atoms with E-state index in [0.29, 0.717) is 26.2 Å². The molecule has 2 aliphatic rings. The summed E-state index contributed by atoms with van der Waals surface area (Å²) in [5.74, 6) is -1.39. The zero-order valence-corrected chi connectivity index (χ0v) is 19.5. The number of piperidine rings is 1. The van der Waals surface area contributed by atoms with Gasteiger partial charge in [-0.1, -0.05) is 12.7 Å². The lowest BCUT2D eigenvalue weighted by molar-refractivity contribution is -0.145. The molecule has 34 heavy (non-hydrogen) atoms. The molecule has 3 amide bonds. The lowest BCUT2D eigenvalue weighted by Crippen LogP contribution is -2.48. The Morgan fingerprint density at radius 1 is 1.21 bits per heavy atom. The number of carbonyl (C=O) groups is 3. The van der Waals surface area contributed by atoms with E-state index in [1.165, 1.54) is 18.5 Å². The van der Waals surface area contributed by atoms with Crippen LogP contribution in [0, 0.1) is 0 Å². The number of nitrogens with zero attached hydrogens (tertiary/aromatic N) is 2. The monoisotopic (exact) mass is 468 g/mol. The molecule has 3 rings (SSSR count). The van der Waals surface area contributed by atoms with Crippen LogP contribution in [0.2, 0.25) is 0 Å². The first-order valence-electron chi connectivity index (χ1n) is 11.5. The zero-order chi connectivity index (χ0) is 24.5. The summed E-state index contributed by atoms with van der Waals surface area (Å²) in [6, 6.07) is 1.09. The van der Waals surface area contributed by atoms with Gasteiger partial charge in [0.15, 0.2) is 0 Å². The fraction of sp³-hybridized carbons (Fsp3) is 0.440. The highest BCUT2D eigenvalue weighted by atomic mass is 16.5. The first-order chi connectivity index (χ1) is 16.4. The van der Waals surface area contributed by atoms with Crippen LogP contribution in [0.15, 0.2) is 54.6 Å². The minimum Gasteiger partial charge on any atom is -0.491 e. The van der Waals surface area contributed by atoms with Crippen LogP contribution in [0.4, 0.5) is 5.69 Å². The third kappa shape index (κ3) is 6.77. The number of nitrogens with two attached hydrogens (primary N) is 1. The SMILES string of the molecule is C=C(/C=C\C(=C/C)OC1CCOCC1)[C@@H]1CCCCN1C(=O)C(=O)Nc1cncc(C(N)=O)c1. The number of pyridine rings is 1. The van der Waals surface area contributed by atoms with Crippen molar-refractivity contribution in [3.63, 3.8) is 0 Å². The topological polar surface area (TPSA) is 124 Å². The molecule has 2 saturated heterocycles. The van der Waals surface area contributed by atoms with Gasteiger partial charge in [-0.15, -0.1) is 0 Å². The quantitative estimate of drug-likeness (QED) is 0.360. The highest BCUT2D eigenvalue weighted by Crippen LogP contribution is 2.24. The van der Waals surface area contributed by atoms with Gasteiger partial charge in [0, 0.05) is 25.6 Å². The number of allylic oxidation sites excluding steroid dienone is 2. The molecule has 0 radical (unpaired) electrons. The number of primary amides is 1. The first kappa shape index (κ1) is 25.2. The molecule has 9 nitrogen and oxygen atoms in total. The number of hydrogen-bond acceptors (Lipinski definition) is 6. The molecule has 0 aliphatic carbocycles. The van der Waals surface area contributed by atoms with E-state index in [0.717, 1.165) is 37.0 Å². The average Bonchev–Trinajstić information content (AvgIpc) is 2.86. The number of ether oxygens (including phenoxy) is 2. The van der Waals surface area contributed by atoms with E-state index in [1.54, 1.807) is 4.90 Å². The van der Waals surface area contributed by atoms with Gasteiger partial charge in [-0.05, 0) is 50.0 Å². The molecular formula is C25H32N4O5. The number of carbonyl (C=O) groups excluding carboxylic acids is 3. The van der Waals surface area contributed by atoms with Crippen LogP contribution >= 0.6 is 0 Å². The molecule has 2 aliphatic heterocycles. The molecule has 1 atom stereocenters. The van der Waals surface area contributed by atoms with Crippen LogP contribution in [0.1, 0.15) is 49.4 Å². The fourth-order valence-corrected chi connectivity index (χ4v) is 4.01. The van der Waals surface area contributed by atoms with E-state index in [-0.39, 0.29) is 23.4 Å². The van der Waals surface area contributed by atoms with Gasteiger partial charge in [0.1, 0.15) is 11.9 Å². The van der Waals surface area contributed by atoms with Crippen molar-refractivity contribution in [1.29, 1.82) is 0 Å². The Bertz CT molecular complexity index is 981. The molecule has 1 aromatic heterocycles. The van der Waals surface area contributed by atoms with Gasteiger partial charge in [0.05, 0.1) is 36.7 Å². The minimum atomic E-state index is -0.802. The maximum absolute atomic E-state index is 13.0. The van der Waals surface area contributed by atoms with Crippen LogP contribution < -0.4 is 11.1 Å². The standard InChI is InChI=1S/C25H32N4O5/c1-3-20(34-21-9-12-33-13-10-21)8-7-17(2)22-6-4-5-11-29(22)25(32)24(31)28-19-14-18(23(26)30)15-27-16-19/h3,7-8,14-16,21-22H,2,4-6,9-13H2,1H3,(H2,26,30)(H,28,31)/b8-7-,20-3+/t22-/m0/s1. The molecule has 0 bridgehead atoms. The van der Waals surface area contributed by atoms with Crippen molar-refractivity contribution in [2.24, 2.45) is 5.73 Å². The second-order valence-electron chi connectivity index (χ2n) is 8.32. The van der Waals surface area contributed by atoms with Gasteiger partial charge in [-0.2, -0.15) is 0 Å². The van der Waals surface area contributed by atoms with E-state index in [9.17, 15) is 14.4 Å². The van der Waals surface area contributed by atoms with Crippen molar-refractivity contribution in [2.45, 2.75) is 51.2 Å². The molecule has 0 aromatic carbocycles. The van der Waals surface area contributed by atoms with Crippen LogP contribution in [0.5, 0.6) is 0 Å². The van der Waals surface area contributed by atoms with Gasteiger partial charge in [0.2, 0.25) is 5.91 Å². The molecule has 0 unspecified atom stereocenters. The number of nitrogens with one attached hydrogen (secondary N) is 1. The van der Waals surface area contributed by atoms with E-state index >= 15 is 0 Å². The Balaban J connectivity index is 1.64. The highest BCUT2D eigenvalue weighted by molar-refractivity contribution is 6.39. The molecule has 3 N–H and O–H groups in total. The van der Waals surface area contributed by atoms with Crippen LogP contribution in [0.25, 0.3) is 0 Å². The predicted molar refractivity (Wildman–Crippen MR) is 128 cm³/mol. The number of aromatic nitrogens is 1. The van der Waals surface area contributed by atoms with Crippen molar-refractivity contribution >= 4 is 23.4 Å². The molecule has 1 aromatic rings. The van der Waals surface area contributed by atoms with Crippen molar-refractivity contribution in [2.75, 3.05) is 25.1 Å². The summed E-state index contributed by atoms with van der Waals surface area (Å²) in [5, 5.41) is 2.51. The largest absolute Gasteiger partial charge is 0.491 e. The van der Waals surface area contributed by atoms with Gasteiger partial charge >= 0.3 is 11.8 Å². The summed E-state index contributed by atoms with van der Waals surface area (Å²) in [6.45, 7) is 7.92. The summed E-state index contributed by atoms with van der Waals surface area (Å²) in [7, 11) is 0. The smallest absolute Gasteiger partial charge is 0.313 e. The van der Waals surface area contributed by atoms with Crippen LogP contribution in [-0.4, -0.2) is 59.5 Å². The molecule has 0 saturated carbocycles. The summed E-state index contributed by atoms with van der Waals surface area (Å²) >= 11 is 0. The summed E-state index contributed by atoms with van der Waals surface area (Å²) in [6.07, 6.45) is 12.5. The maximum Gasteiger partial charge on any atom is 0.313 e. The molecule has 0 spiro atoms. The third-order valence-electron chi connectivity index (χ3n) is 5.88. The number of likely N-dealkylation sites (tertiary alicyclic amines) is 1. The zero-order valence-electron chi connectivity index (χ0n) is 19.5. The van der Waals surface area contributed by atoms with Crippen molar-refractivity contribution < 1.29 is 23.9 Å². The summed E-state index contributed by atoms with van der Waals surface area (Å²) in [5.41, 5.74) is 6.35. The Labute approximate surface area is 199 Å². The van der Waals surface area contributed by atoms with E-state index in [4.69, 9.17) is 15.2 Å². The second-order valence-corrected chi connectivity index (χ2v) is 8.32. The van der Waals surface area contributed by atoms with E-state index in [2.05, 4.69) is 16.9 Å². The third-order valence-corrected chi connectivity index (χ3v) is 5.88. The van der Waals surface area contributed by atoms with Gasteiger partial charge in [-0.25, -0.2) is 0 Å².